The summed E-state index contributed by atoms with van der Waals surface area (Å²) < 4.78 is 5.62. The quantitative estimate of drug-likeness (QED) is 0.404. The lowest BCUT2D eigenvalue weighted by Gasteiger charge is -2.33. The summed E-state index contributed by atoms with van der Waals surface area (Å²) in [7, 11) is 0. The highest BCUT2D eigenvalue weighted by molar-refractivity contribution is 6.35. The first-order valence-electron chi connectivity index (χ1n) is 12.5. The highest BCUT2D eigenvalue weighted by Crippen LogP contribution is 2.36. The van der Waals surface area contributed by atoms with Crippen molar-refractivity contribution in [2.75, 3.05) is 52.5 Å². The molecule has 2 saturated heterocycles. The monoisotopic (exact) mass is 544 g/mol. The number of ether oxygens (including phenoxy) is 1. The van der Waals surface area contributed by atoms with Crippen molar-refractivity contribution in [1.82, 2.24) is 14.8 Å². The first-order valence-corrected chi connectivity index (χ1v) is 13.7. The number of rotatable bonds is 6. The number of hydrazone groups is 1. The predicted octanol–water partition coefficient (Wildman–Crippen LogP) is 6.21. The molecular weight excluding hydrogens is 515 g/mol. The average molecular weight is 546 g/mol. The maximum Gasteiger partial charge on any atom is 0.0642 e. The molecule has 8 heteroatoms. The standard InChI is InChI=1S/C28H31Cl3N4O/c29-25-8-7-21(27(31)18-25)17-22-5-6-23(28(22)34-13-15-36-16-14-34)19-32-35-11-9-33(10-12-35)20-24-3-1-2-4-26(24)30/h1-4,7-8,17-19H,5-6,9-16,20H2/b22-17+,32-19+. The van der Waals surface area contributed by atoms with Crippen LogP contribution in [-0.2, 0) is 11.3 Å². The topological polar surface area (TPSA) is 31.3 Å². The van der Waals surface area contributed by atoms with E-state index in [-0.39, 0.29) is 0 Å². The lowest BCUT2D eigenvalue weighted by Crippen LogP contribution is -2.43. The first-order chi connectivity index (χ1) is 17.6. The Morgan fingerprint density at radius 1 is 0.861 bits per heavy atom. The minimum Gasteiger partial charge on any atom is -0.378 e. The minimum absolute atomic E-state index is 0.650. The zero-order valence-corrected chi connectivity index (χ0v) is 22.6. The summed E-state index contributed by atoms with van der Waals surface area (Å²) in [6, 6.07) is 13.8. The molecule has 2 heterocycles. The maximum atomic E-state index is 6.49. The lowest BCUT2D eigenvalue weighted by molar-refractivity contribution is 0.0548. The number of morpholine rings is 1. The second-order valence-corrected chi connectivity index (χ2v) is 10.6. The van der Waals surface area contributed by atoms with Crippen molar-refractivity contribution >= 4 is 47.1 Å². The third kappa shape index (κ3) is 6.27. The Bertz CT molecular complexity index is 1170. The third-order valence-corrected chi connectivity index (χ3v) is 7.90. The van der Waals surface area contributed by atoms with Crippen molar-refractivity contribution < 1.29 is 4.74 Å². The van der Waals surface area contributed by atoms with Crippen molar-refractivity contribution in [1.29, 1.82) is 0 Å². The normalized spacial score (nSPS) is 20.8. The Labute approximate surface area is 228 Å². The van der Waals surface area contributed by atoms with E-state index >= 15 is 0 Å². The Morgan fingerprint density at radius 2 is 1.64 bits per heavy atom. The number of benzene rings is 2. The number of hydrogen-bond acceptors (Lipinski definition) is 5. The fourth-order valence-electron chi connectivity index (χ4n) is 5.01. The van der Waals surface area contributed by atoms with Gasteiger partial charge in [-0.15, -0.1) is 0 Å². The van der Waals surface area contributed by atoms with Crippen molar-refractivity contribution in [2.45, 2.75) is 19.4 Å². The largest absolute Gasteiger partial charge is 0.378 e. The summed E-state index contributed by atoms with van der Waals surface area (Å²) >= 11 is 19.0. The number of nitrogens with zero attached hydrogens (tertiary/aromatic N) is 4. The van der Waals surface area contributed by atoms with Gasteiger partial charge in [0, 0.05) is 66.6 Å². The number of allylic oxidation sites excluding steroid dienone is 2. The van der Waals surface area contributed by atoms with E-state index in [2.05, 4.69) is 33.2 Å². The van der Waals surface area contributed by atoms with E-state index in [4.69, 9.17) is 44.6 Å². The summed E-state index contributed by atoms with van der Waals surface area (Å²) in [6.07, 6.45) is 6.23. The van der Waals surface area contributed by atoms with Crippen LogP contribution in [0.15, 0.2) is 64.4 Å². The van der Waals surface area contributed by atoms with Gasteiger partial charge in [-0.1, -0.05) is 59.1 Å². The molecule has 0 atom stereocenters. The molecular formula is C28H31Cl3N4O. The summed E-state index contributed by atoms with van der Waals surface area (Å²) in [5.41, 5.74) is 6.04. The van der Waals surface area contributed by atoms with Crippen molar-refractivity contribution in [2.24, 2.45) is 5.10 Å². The number of halogens is 3. The van der Waals surface area contributed by atoms with Gasteiger partial charge in [0.15, 0.2) is 0 Å². The van der Waals surface area contributed by atoms with Gasteiger partial charge in [-0.2, -0.15) is 5.10 Å². The molecule has 0 amide bonds. The van der Waals surface area contributed by atoms with Gasteiger partial charge in [-0.3, -0.25) is 9.91 Å². The van der Waals surface area contributed by atoms with Crippen LogP contribution in [0.4, 0.5) is 0 Å². The fourth-order valence-corrected chi connectivity index (χ4v) is 5.67. The van der Waals surface area contributed by atoms with E-state index in [1.165, 1.54) is 22.4 Å². The van der Waals surface area contributed by atoms with Crippen molar-refractivity contribution in [3.8, 4) is 0 Å². The first kappa shape index (κ1) is 25.6. The van der Waals surface area contributed by atoms with E-state index in [0.717, 1.165) is 82.5 Å². The van der Waals surface area contributed by atoms with E-state index in [0.29, 0.717) is 10.0 Å². The van der Waals surface area contributed by atoms with Crippen LogP contribution < -0.4 is 0 Å². The van der Waals surface area contributed by atoms with Crippen LogP contribution >= 0.6 is 34.8 Å². The summed E-state index contributed by atoms with van der Waals surface area (Å²) in [4.78, 5) is 4.88. The molecule has 0 unspecified atom stereocenters. The Balaban J connectivity index is 1.29. The van der Waals surface area contributed by atoms with Crippen LogP contribution in [0.3, 0.4) is 0 Å². The predicted molar refractivity (Wildman–Crippen MR) is 150 cm³/mol. The molecule has 2 aromatic rings. The SMILES string of the molecule is Clc1ccc(/C=C2\CCC(/C=N/N3CCN(Cc4ccccc4Cl)CC3)=C2N2CCOCC2)c(Cl)c1. The molecule has 2 fully saturated rings. The van der Waals surface area contributed by atoms with Gasteiger partial charge >= 0.3 is 0 Å². The van der Waals surface area contributed by atoms with Crippen LogP contribution in [0.5, 0.6) is 0 Å². The third-order valence-electron chi connectivity index (χ3n) is 6.97. The summed E-state index contributed by atoms with van der Waals surface area (Å²) in [5, 5.41) is 9.26. The Morgan fingerprint density at radius 3 is 2.39 bits per heavy atom. The van der Waals surface area contributed by atoms with Gasteiger partial charge in [-0.05, 0) is 59.4 Å². The van der Waals surface area contributed by atoms with E-state index in [9.17, 15) is 0 Å². The molecule has 2 aromatic carbocycles. The van der Waals surface area contributed by atoms with Gasteiger partial charge < -0.3 is 9.64 Å². The van der Waals surface area contributed by atoms with Crippen LogP contribution in [-0.4, -0.2) is 73.5 Å². The molecule has 0 spiro atoms. The highest BCUT2D eigenvalue weighted by atomic mass is 35.5. The molecule has 5 rings (SSSR count). The summed E-state index contributed by atoms with van der Waals surface area (Å²) in [6.45, 7) is 7.90. The zero-order chi connectivity index (χ0) is 24.9. The lowest BCUT2D eigenvalue weighted by atomic mass is 10.1. The van der Waals surface area contributed by atoms with Gasteiger partial charge in [0.1, 0.15) is 0 Å². The smallest absolute Gasteiger partial charge is 0.0642 e. The van der Waals surface area contributed by atoms with Crippen molar-refractivity contribution in [3.63, 3.8) is 0 Å². The molecule has 36 heavy (non-hydrogen) atoms. The number of hydrogen-bond donors (Lipinski definition) is 0. The summed E-state index contributed by atoms with van der Waals surface area (Å²) in [5.74, 6) is 0. The van der Waals surface area contributed by atoms with Crippen LogP contribution in [0.2, 0.25) is 15.1 Å². The number of piperazine rings is 1. The molecule has 3 aliphatic rings. The molecule has 1 aliphatic carbocycles. The average Bonchev–Trinajstić information content (AvgIpc) is 3.29. The zero-order valence-electron chi connectivity index (χ0n) is 20.3. The van der Waals surface area contributed by atoms with Crippen LogP contribution in [0.25, 0.3) is 6.08 Å². The Kier molecular flexibility index (Phi) is 8.55. The molecule has 0 radical (unpaired) electrons. The maximum absolute atomic E-state index is 6.49. The molecule has 0 N–H and O–H groups in total. The van der Waals surface area contributed by atoms with E-state index in [1.807, 2.05) is 30.3 Å². The molecule has 0 saturated carbocycles. The van der Waals surface area contributed by atoms with Crippen LogP contribution in [0.1, 0.15) is 24.0 Å². The van der Waals surface area contributed by atoms with E-state index in [1.54, 1.807) is 6.07 Å². The van der Waals surface area contributed by atoms with Crippen LogP contribution in [0, 0.1) is 0 Å². The molecule has 190 valence electrons. The highest BCUT2D eigenvalue weighted by Gasteiger charge is 2.26. The Hall–Kier alpha value is -2.02. The molecule has 0 bridgehead atoms. The second-order valence-electron chi connectivity index (χ2n) is 9.37. The van der Waals surface area contributed by atoms with Crippen molar-refractivity contribution in [3.05, 3.63) is 85.5 Å². The molecule has 5 nitrogen and oxygen atoms in total. The van der Waals surface area contributed by atoms with Gasteiger partial charge in [-0.25, -0.2) is 0 Å². The van der Waals surface area contributed by atoms with Gasteiger partial charge in [0.05, 0.1) is 19.4 Å². The minimum atomic E-state index is 0.650. The van der Waals surface area contributed by atoms with Gasteiger partial charge in [0.25, 0.3) is 0 Å². The second kappa shape index (κ2) is 12.0. The van der Waals surface area contributed by atoms with E-state index < -0.39 is 0 Å². The molecule has 0 aromatic heterocycles. The van der Waals surface area contributed by atoms with Gasteiger partial charge in [0.2, 0.25) is 0 Å². The fraction of sp³-hybridized carbons (Fsp3) is 0.393. The molecule has 2 aliphatic heterocycles.